The van der Waals surface area contributed by atoms with Crippen LogP contribution in [0.3, 0.4) is 0 Å². The number of carbonyl (C=O) groups excluding carboxylic acids is 1. The molecule has 1 amide bonds. The second-order valence-corrected chi connectivity index (χ2v) is 7.60. The summed E-state index contributed by atoms with van der Waals surface area (Å²) in [5.41, 5.74) is 5.57. The van der Waals surface area contributed by atoms with Crippen LogP contribution in [0.15, 0.2) is 72.8 Å². The molecule has 7 heteroatoms. The van der Waals surface area contributed by atoms with Crippen LogP contribution in [0.2, 0.25) is 0 Å². The van der Waals surface area contributed by atoms with Crippen molar-refractivity contribution in [2.45, 2.75) is 19.9 Å². The van der Waals surface area contributed by atoms with Crippen LogP contribution in [0.25, 0.3) is 11.1 Å². The van der Waals surface area contributed by atoms with Gasteiger partial charge in [0.25, 0.3) is 0 Å². The van der Waals surface area contributed by atoms with E-state index in [9.17, 15) is 4.79 Å². The maximum Gasteiger partial charge on any atom is 0.230 e. The first-order chi connectivity index (χ1) is 16.1. The number of ether oxygens (including phenoxy) is 2. The topological polar surface area (TPSA) is 78.3 Å². The van der Waals surface area contributed by atoms with Gasteiger partial charge in [0.2, 0.25) is 5.91 Å². The fraction of sp³-hybridized carbons (Fsp3) is 0.192. The van der Waals surface area contributed by atoms with Crippen LogP contribution in [-0.2, 0) is 17.8 Å². The number of aromatic nitrogens is 3. The predicted octanol–water partition coefficient (Wildman–Crippen LogP) is 4.50. The first-order valence-corrected chi connectivity index (χ1v) is 10.6. The fourth-order valence-electron chi connectivity index (χ4n) is 3.70. The summed E-state index contributed by atoms with van der Waals surface area (Å²) in [6.45, 7) is 2.51. The zero-order chi connectivity index (χ0) is 23.2. The zero-order valence-corrected chi connectivity index (χ0v) is 18.9. The molecule has 0 unspecified atom stereocenters. The van der Waals surface area contributed by atoms with Gasteiger partial charge in [0.15, 0.2) is 11.5 Å². The number of hydrogen-bond donors (Lipinski definition) is 1. The van der Waals surface area contributed by atoms with Gasteiger partial charge in [-0.3, -0.25) is 4.79 Å². The molecule has 1 N–H and O–H groups in total. The second-order valence-electron chi connectivity index (χ2n) is 7.60. The summed E-state index contributed by atoms with van der Waals surface area (Å²) in [6, 6.07) is 23.7. The Morgan fingerprint density at radius 2 is 1.67 bits per heavy atom. The summed E-state index contributed by atoms with van der Waals surface area (Å²) < 4.78 is 12.4. The molecular weight excluding hydrogens is 416 g/mol. The van der Waals surface area contributed by atoms with Crippen molar-refractivity contribution >= 4 is 11.6 Å². The molecule has 33 heavy (non-hydrogen) atoms. The smallest absolute Gasteiger partial charge is 0.230 e. The van der Waals surface area contributed by atoms with Crippen molar-refractivity contribution in [3.8, 4) is 22.6 Å². The van der Waals surface area contributed by atoms with Crippen molar-refractivity contribution in [1.82, 2.24) is 15.0 Å². The van der Waals surface area contributed by atoms with Crippen LogP contribution in [0.4, 0.5) is 5.69 Å². The molecule has 0 fully saturated rings. The molecule has 3 aromatic carbocycles. The van der Waals surface area contributed by atoms with Crippen LogP contribution in [0.1, 0.15) is 17.0 Å². The summed E-state index contributed by atoms with van der Waals surface area (Å²) in [6.07, 6.45) is 0.126. The van der Waals surface area contributed by atoms with Crippen molar-refractivity contribution in [3.63, 3.8) is 0 Å². The van der Waals surface area contributed by atoms with Gasteiger partial charge in [-0.25, -0.2) is 4.68 Å². The normalized spacial score (nSPS) is 10.6. The van der Waals surface area contributed by atoms with E-state index in [1.807, 2.05) is 41.9 Å². The van der Waals surface area contributed by atoms with E-state index in [0.29, 0.717) is 29.4 Å². The van der Waals surface area contributed by atoms with Gasteiger partial charge in [0.1, 0.15) is 0 Å². The Bertz CT molecular complexity index is 1250. The highest BCUT2D eigenvalue weighted by atomic mass is 16.5. The zero-order valence-electron chi connectivity index (χ0n) is 18.9. The number of amides is 1. The maximum atomic E-state index is 12.6. The predicted molar refractivity (Wildman–Crippen MR) is 128 cm³/mol. The number of hydrogen-bond acceptors (Lipinski definition) is 5. The molecule has 0 spiro atoms. The van der Waals surface area contributed by atoms with E-state index >= 15 is 0 Å². The molecule has 168 valence electrons. The lowest BCUT2D eigenvalue weighted by Gasteiger charge is -2.11. The summed E-state index contributed by atoms with van der Waals surface area (Å²) >= 11 is 0. The van der Waals surface area contributed by atoms with E-state index in [0.717, 1.165) is 22.4 Å². The van der Waals surface area contributed by atoms with Gasteiger partial charge in [0.05, 0.1) is 38.6 Å². The Balaban J connectivity index is 1.48. The summed E-state index contributed by atoms with van der Waals surface area (Å²) in [4.78, 5) is 12.6. The molecule has 0 bridgehead atoms. The van der Waals surface area contributed by atoms with Gasteiger partial charge in [-0.1, -0.05) is 59.8 Å². The largest absolute Gasteiger partial charge is 0.493 e. The van der Waals surface area contributed by atoms with Crippen LogP contribution >= 0.6 is 0 Å². The quantitative estimate of drug-likeness (QED) is 0.435. The summed E-state index contributed by atoms with van der Waals surface area (Å²) in [5, 5.41) is 11.5. The van der Waals surface area contributed by atoms with Crippen LogP contribution in [-0.4, -0.2) is 35.1 Å². The Morgan fingerprint density at radius 1 is 0.939 bits per heavy atom. The van der Waals surface area contributed by atoms with Gasteiger partial charge in [-0.05, 0) is 35.7 Å². The average molecular weight is 443 g/mol. The summed E-state index contributed by atoms with van der Waals surface area (Å²) in [7, 11) is 3.13. The summed E-state index contributed by atoms with van der Waals surface area (Å²) in [5.74, 6) is 0.974. The standard InChI is InChI=1S/C26H26N4O3/c1-18-23(16-26(31)27-21-13-14-24(32-2)25(15-21)33-3)28-29-30(18)17-20-11-7-8-12-22(20)19-9-5-4-6-10-19/h4-15H,16-17H2,1-3H3,(H,27,31). The molecule has 0 saturated heterocycles. The number of methoxy groups -OCH3 is 2. The molecule has 0 atom stereocenters. The molecule has 1 aromatic heterocycles. The van der Waals surface area contributed by atoms with Crippen molar-refractivity contribution in [2.24, 2.45) is 0 Å². The van der Waals surface area contributed by atoms with Gasteiger partial charge < -0.3 is 14.8 Å². The Hall–Kier alpha value is -4.13. The first-order valence-electron chi connectivity index (χ1n) is 10.6. The highest BCUT2D eigenvalue weighted by molar-refractivity contribution is 5.92. The number of nitrogens with zero attached hydrogens (tertiary/aromatic N) is 3. The van der Waals surface area contributed by atoms with Crippen molar-refractivity contribution in [2.75, 3.05) is 19.5 Å². The van der Waals surface area contributed by atoms with Crippen molar-refractivity contribution in [1.29, 1.82) is 0 Å². The molecule has 4 aromatic rings. The molecule has 1 heterocycles. The van der Waals surface area contributed by atoms with E-state index in [-0.39, 0.29) is 12.3 Å². The maximum absolute atomic E-state index is 12.6. The Labute approximate surface area is 193 Å². The Morgan fingerprint density at radius 3 is 2.42 bits per heavy atom. The van der Waals surface area contributed by atoms with Crippen molar-refractivity contribution < 1.29 is 14.3 Å². The first kappa shape index (κ1) is 22.1. The van der Waals surface area contributed by atoms with Crippen molar-refractivity contribution in [3.05, 3.63) is 89.7 Å². The number of benzene rings is 3. The van der Waals surface area contributed by atoms with Gasteiger partial charge in [-0.15, -0.1) is 5.10 Å². The number of rotatable bonds is 8. The molecule has 0 aliphatic rings. The van der Waals surface area contributed by atoms with E-state index in [1.165, 1.54) is 0 Å². The van der Waals surface area contributed by atoms with Gasteiger partial charge >= 0.3 is 0 Å². The third-order valence-electron chi connectivity index (χ3n) is 5.50. The van der Waals surface area contributed by atoms with Gasteiger partial charge in [-0.2, -0.15) is 0 Å². The molecular formula is C26H26N4O3. The minimum Gasteiger partial charge on any atom is -0.493 e. The molecule has 0 aliphatic heterocycles. The van der Waals surface area contributed by atoms with E-state index in [1.54, 1.807) is 32.4 Å². The SMILES string of the molecule is COc1ccc(NC(=O)Cc2nnn(Cc3ccccc3-c3ccccc3)c2C)cc1OC. The van der Waals surface area contributed by atoms with Crippen LogP contribution in [0.5, 0.6) is 11.5 Å². The lowest BCUT2D eigenvalue weighted by molar-refractivity contribution is -0.115. The van der Waals surface area contributed by atoms with E-state index < -0.39 is 0 Å². The average Bonchev–Trinajstić information content (AvgIpc) is 3.18. The van der Waals surface area contributed by atoms with Crippen LogP contribution < -0.4 is 14.8 Å². The monoisotopic (exact) mass is 442 g/mol. The molecule has 7 nitrogen and oxygen atoms in total. The minimum absolute atomic E-state index is 0.126. The highest BCUT2D eigenvalue weighted by Crippen LogP contribution is 2.30. The second kappa shape index (κ2) is 9.99. The third-order valence-corrected chi connectivity index (χ3v) is 5.50. The number of nitrogens with one attached hydrogen (secondary N) is 1. The van der Waals surface area contributed by atoms with E-state index in [4.69, 9.17) is 9.47 Å². The number of anilines is 1. The fourth-order valence-corrected chi connectivity index (χ4v) is 3.70. The molecule has 0 saturated carbocycles. The van der Waals surface area contributed by atoms with Gasteiger partial charge in [0, 0.05) is 11.8 Å². The Kier molecular flexibility index (Phi) is 6.69. The lowest BCUT2D eigenvalue weighted by atomic mass is 10.00. The molecule has 4 rings (SSSR count). The minimum atomic E-state index is -0.179. The highest BCUT2D eigenvalue weighted by Gasteiger charge is 2.15. The van der Waals surface area contributed by atoms with E-state index in [2.05, 4.69) is 39.9 Å². The molecule has 0 aliphatic carbocycles. The lowest BCUT2D eigenvalue weighted by Crippen LogP contribution is -2.15. The molecule has 0 radical (unpaired) electrons. The number of carbonyl (C=O) groups is 1. The third kappa shape index (κ3) is 5.03. The van der Waals surface area contributed by atoms with Crippen LogP contribution in [0, 0.1) is 6.92 Å².